The first-order valence-corrected chi connectivity index (χ1v) is 5.71. The number of hydrogen-bond donors (Lipinski definition) is 1. The summed E-state index contributed by atoms with van der Waals surface area (Å²) >= 11 is 0. The average molecular weight is 260 g/mol. The fourth-order valence-electron chi connectivity index (χ4n) is 1.60. The number of carbonyl (C=O) groups excluding carboxylic acids is 1. The number of pyridine rings is 1. The number of hydrogen-bond acceptors (Lipinski definition) is 3. The Morgan fingerprint density at radius 3 is 2.89 bits per heavy atom. The maximum Gasteiger partial charge on any atom is 0.253 e. The molecule has 0 saturated carbocycles. The predicted molar refractivity (Wildman–Crippen MR) is 68.4 cm³/mol. The van der Waals surface area contributed by atoms with Crippen LogP contribution in [-0.4, -0.2) is 18.0 Å². The molecule has 98 valence electrons. The van der Waals surface area contributed by atoms with Gasteiger partial charge in [-0.05, 0) is 29.8 Å². The Bertz CT molecular complexity index is 573. The lowest BCUT2D eigenvalue weighted by Crippen LogP contribution is -2.22. The SMILES string of the molecule is COc1ccc(CNC(=O)c2cccnc2)cc1F. The number of amides is 1. The van der Waals surface area contributed by atoms with Gasteiger partial charge in [-0.2, -0.15) is 0 Å². The van der Waals surface area contributed by atoms with E-state index in [4.69, 9.17) is 4.74 Å². The molecular weight excluding hydrogens is 247 g/mol. The Kier molecular flexibility index (Phi) is 4.07. The zero-order chi connectivity index (χ0) is 13.7. The van der Waals surface area contributed by atoms with Gasteiger partial charge in [-0.3, -0.25) is 9.78 Å². The van der Waals surface area contributed by atoms with Crippen molar-refractivity contribution < 1.29 is 13.9 Å². The highest BCUT2D eigenvalue weighted by molar-refractivity contribution is 5.93. The fourth-order valence-corrected chi connectivity index (χ4v) is 1.60. The average Bonchev–Trinajstić information content (AvgIpc) is 2.46. The van der Waals surface area contributed by atoms with E-state index in [1.54, 1.807) is 24.4 Å². The first-order chi connectivity index (χ1) is 9.20. The molecule has 0 bridgehead atoms. The van der Waals surface area contributed by atoms with Gasteiger partial charge in [0.1, 0.15) is 0 Å². The summed E-state index contributed by atoms with van der Waals surface area (Å²) in [7, 11) is 1.41. The van der Waals surface area contributed by atoms with Gasteiger partial charge < -0.3 is 10.1 Å². The molecule has 0 radical (unpaired) electrons. The molecule has 19 heavy (non-hydrogen) atoms. The predicted octanol–water partition coefficient (Wildman–Crippen LogP) is 2.16. The summed E-state index contributed by atoms with van der Waals surface area (Å²) in [5.74, 6) is -0.512. The number of aromatic nitrogens is 1. The van der Waals surface area contributed by atoms with Gasteiger partial charge in [0.2, 0.25) is 0 Å². The fraction of sp³-hybridized carbons (Fsp3) is 0.143. The molecule has 0 spiro atoms. The van der Waals surface area contributed by atoms with Crippen LogP contribution in [0.3, 0.4) is 0 Å². The van der Waals surface area contributed by atoms with Crippen molar-refractivity contribution in [1.82, 2.24) is 10.3 Å². The summed E-state index contributed by atoms with van der Waals surface area (Å²) in [6.07, 6.45) is 3.07. The van der Waals surface area contributed by atoms with Crippen molar-refractivity contribution in [3.8, 4) is 5.75 Å². The van der Waals surface area contributed by atoms with E-state index in [1.165, 1.54) is 25.4 Å². The molecule has 1 amide bonds. The second-order valence-electron chi connectivity index (χ2n) is 3.89. The highest BCUT2D eigenvalue weighted by atomic mass is 19.1. The van der Waals surface area contributed by atoms with Crippen molar-refractivity contribution in [2.75, 3.05) is 7.11 Å². The van der Waals surface area contributed by atoms with E-state index >= 15 is 0 Å². The van der Waals surface area contributed by atoms with Crippen LogP contribution in [-0.2, 0) is 6.54 Å². The smallest absolute Gasteiger partial charge is 0.253 e. The third-order valence-electron chi connectivity index (χ3n) is 2.59. The van der Waals surface area contributed by atoms with Crippen LogP contribution >= 0.6 is 0 Å². The van der Waals surface area contributed by atoms with E-state index in [2.05, 4.69) is 10.3 Å². The van der Waals surface area contributed by atoms with Crippen LogP contribution < -0.4 is 10.1 Å². The number of benzene rings is 1. The zero-order valence-corrected chi connectivity index (χ0v) is 10.4. The van der Waals surface area contributed by atoms with Gasteiger partial charge in [0, 0.05) is 18.9 Å². The summed E-state index contributed by atoms with van der Waals surface area (Å²) in [6.45, 7) is 0.245. The van der Waals surface area contributed by atoms with Gasteiger partial charge in [0.05, 0.1) is 12.7 Å². The Morgan fingerprint density at radius 2 is 2.26 bits per heavy atom. The lowest BCUT2D eigenvalue weighted by molar-refractivity contribution is 0.0950. The molecule has 1 N–H and O–H groups in total. The van der Waals surface area contributed by atoms with Gasteiger partial charge in [0.25, 0.3) is 5.91 Å². The Morgan fingerprint density at radius 1 is 1.42 bits per heavy atom. The molecule has 2 aromatic rings. The number of halogens is 1. The van der Waals surface area contributed by atoms with E-state index in [0.29, 0.717) is 11.1 Å². The number of rotatable bonds is 4. The second-order valence-corrected chi connectivity index (χ2v) is 3.89. The molecular formula is C14H13FN2O2. The molecule has 5 heteroatoms. The molecule has 2 rings (SSSR count). The lowest BCUT2D eigenvalue weighted by Gasteiger charge is -2.07. The first kappa shape index (κ1) is 13.0. The minimum absolute atomic E-state index is 0.183. The van der Waals surface area contributed by atoms with Crippen LogP contribution in [0.25, 0.3) is 0 Å². The first-order valence-electron chi connectivity index (χ1n) is 5.71. The standard InChI is InChI=1S/C14H13FN2O2/c1-19-13-5-4-10(7-12(13)15)8-17-14(18)11-3-2-6-16-9-11/h2-7,9H,8H2,1H3,(H,17,18). The van der Waals surface area contributed by atoms with Gasteiger partial charge in [-0.1, -0.05) is 6.07 Å². The monoisotopic (exact) mass is 260 g/mol. The van der Waals surface area contributed by atoms with E-state index in [-0.39, 0.29) is 18.2 Å². The highest BCUT2D eigenvalue weighted by Crippen LogP contribution is 2.17. The number of nitrogens with one attached hydrogen (secondary N) is 1. The van der Waals surface area contributed by atoms with Crippen molar-refractivity contribution in [1.29, 1.82) is 0 Å². The molecule has 1 heterocycles. The molecule has 1 aromatic heterocycles. The van der Waals surface area contributed by atoms with E-state index in [0.717, 1.165) is 0 Å². The number of nitrogens with zero attached hydrogens (tertiary/aromatic N) is 1. The maximum atomic E-state index is 13.5. The molecule has 0 aliphatic heterocycles. The van der Waals surface area contributed by atoms with Crippen LogP contribution in [0.2, 0.25) is 0 Å². The van der Waals surface area contributed by atoms with Crippen molar-refractivity contribution >= 4 is 5.91 Å². The van der Waals surface area contributed by atoms with Crippen LogP contribution in [0.4, 0.5) is 4.39 Å². The molecule has 4 nitrogen and oxygen atoms in total. The summed E-state index contributed by atoms with van der Waals surface area (Å²) in [4.78, 5) is 15.6. The maximum absolute atomic E-state index is 13.5. The summed E-state index contributed by atoms with van der Waals surface area (Å²) < 4.78 is 18.3. The van der Waals surface area contributed by atoms with Crippen molar-refractivity contribution in [3.63, 3.8) is 0 Å². The molecule has 0 fully saturated rings. The number of ether oxygens (including phenoxy) is 1. The second kappa shape index (κ2) is 5.95. The van der Waals surface area contributed by atoms with E-state index in [1.807, 2.05) is 0 Å². The topological polar surface area (TPSA) is 51.2 Å². The summed E-state index contributed by atoms with van der Waals surface area (Å²) in [5.41, 5.74) is 1.13. The van der Waals surface area contributed by atoms with E-state index < -0.39 is 5.82 Å². The molecule has 0 aliphatic carbocycles. The minimum Gasteiger partial charge on any atom is -0.494 e. The van der Waals surface area contributed by atoms with Crippen molar-refractivity contribution in [2.45, 2.75) is 6.54 Å². The van der Waals surface area contributed by atoms with Gasteiger partial charge >= 0.3 is 0 Å². The Balaban J connectivity index is 1.99. The third kappa shape index (κ3) is 3.28. The molecule has 0 atom stereocenters. The van der Waals surface area contributed by atoms with Crippen LogP contribution in [0.15, 0.2) is 42.7 Å². The minimum atomic E-state index is -0.448. The Labute approximate surface area is 110 Å². The number of methoxy groups -OCH3 is 1. The highest BCUT2D eigenvalue weighted by Gasteiger charge is 2.07. The van der Waals surface area contributed by atoms with Crippen LogP contribution in [0.5, 0.6) is 5.75 Å². The molecule has 0 saturated heterocycles. The summed E-state index contributed by atoms with van der Waals surface area (Å²) in [5, 5.41) is 2.69. The quantitative estimate of drug-likeness (QED) is 0.916. The van der Waals surface area contributed by atoms with Crippen molar-refractivity contribution in [2.24, 2.45) is 0 Å². The largest absolute Gasteiger partial charge is 0.494 e. The zero-order valence-electron chi connectivity index (χ0n) is 10.4. The van der Waals surface area contributed by atoms with Gasteiger partial charge in [0.15, 0.2) is 11.6 Å². The molecule has 0 aliphatic rings. The molecule has 0 unspecified atom stereocenters. The van der Waals surface area contributed by atoms with Gasteiger partial charge in [-0.15, -0.1) is 0 Å². The van der Waals surface area contributed by atoms with Crippen molar-refractivity contribution in [3.05, 3.63) is 59.7 Å². The van der Waals surface area contributed by atoms with Crippen LogP contribution in [0, 0.1) is 5.82 Å². The summed E-state index contributed by atoms with van der Waals surface area (Å²) in [6, 6.07) is 7.91. The van der Waals surface area contributed by atoms with Gasteiger partial charge in [-0.25, -0.2) is 4.39 Å². The lowest BCUT2D eigenvalue weighted by atomic mass is 10.2. The number of carbonyl (C=O) groups is 1. The molecule has 1 aromatic carbocycles. The third-order valence-corrected chi connectivity index (χ3v) is 2.59. The van der Waals surface area contributed by atoms with Crippen LogP contribution in [0.1, 0.15) is 15.9 Å². The van der Waals surface area contributed by atoms with E-state index in [9.17, 15) is 9.18 Å². The normalized spacial score (nSPS) is 10.0. The Hall–Kier alpha value is -2.43.